The van der Waals surface area contributed by atoms with Crippen LogP contribution in [0.3, 0.4) is 0 Å². The molecule has 0 aromatic heterocycles. The number of esters is 1. The van der Waals surface area contributed by atoms with Gasteiger partial charge in [-0.3, -0.25) is 4.79 Å². The fraction of sp³-hybridized carbons (Fsp3) is 0.500. The number of carbonyl (C=O) groups excluding carboxylic acids is 1. The molecule has 0 aliphatic carbocycles. The summed E-state index contributed by atoms with van der Waals surface area (Å²) in [7, 11) is 1.64. The number of ether oxygens (including phenoxy) is 2. The zero-order chi connectivity index (χ0) is 14.3. The minimum atomic E-state index is -0.195. The first-order valence-corrected chi connectivity index (χ1v) is 7.09. The number of carbonyl (C=O) groups is 1. The normalized spacial score (nSPS) is 12.0. The van der Waals surface area contributed by atoms with Gasteiger partial charge in [-0.25, -0.2) is 0 Å². The second-order valence-corrected chi connectivity index (χ2v) is 5.18. The summed E-state index contributed by atoms with van der Waals surface area (Å²) in [6, 6.07) is 5.72. The molecular formula is C14H20BrNO3. The van der Waals surface area contributed by atoms with E-state index >= 15 is 0 Å². The third-order valence-electron chi connectivity index (χ3n) is 2.75. The minimum absolute atomic E-state index is 0.0902. The van der Waals surface area contributed by atoms with Gasteiger partial charge in [0.25, 0.3) is 0 Å². The first kappa shape index (κ1) is 16.0. The van der Waals surface area contributed by atoms with E-state index in [1.807, 2.05) is 18.2 Å². The van der Waals surface area contributed by atoms with Crippen LogP contribution in [0.25, 0.3) is 0 Å². The van der Waals surface area contributed by atoms with Crippen LogP contribution in [0.2, 0.25) is 0 Å². The summed E-state index contributed by atoms with van der Waals surface area (Å²) < 4.78 is 11.2. The Morgan fingerprint density at radius 1 is 1.47 bits per heavy atom. The van der Waals surface area contributed by atoms with Crippen LogP contribution in [0.5, 0.6) is 5.75 Å². The standard InChI is InChI=1S/C14H20BrNO3/c1-3-19-14(17)7-5-12(16)9-10-8-11(15)4-6-13(10)18-2/h4,6,8,12H,3,5,7,9,16H2,1-2H3. The van der Waals surface area contributed by atoms with Crippen molar-refractivity contribution < 1.29 is 14.3 Å². The Bertz CT molecular complexity index is 423. The first-order valence-electron chi connectivity index (χ1n) is 6.30. The third-order valence-corrected chi connectivity index (χ3v) is 3.24. The first-order chi connectivity index (χ1) is 9.06. The van der Waals surface area contributed by atoms with Gasteiger partial charge in [-0.1, -0.05) is 15.9 Å². The maximum atomic E-state index is 11.3. The van der Waals surface area contributed by atoms with Crippen LogP contribution in [0.1, 0.15) is 25.3 Å². The fourth-order valence-corrected chi connectivity index (χ4v) is 2.24. The lowest BCUT2D eigenvalue weighted by Crippen LogP contribution is -2.24. The van der Waals surface area contributed by atoms with Crippen molar-refractivity contribution in [1.29, 1.82) is 0 Å². The highest BCUT2D eigenvalue weighted by Crippen LogP contribution is 2.24. The molecule has 1 unspecified atom stereocenters. The topological polar surface area (TPSA) is 61.5 Å². The number of halogens is 1. The molecule has 0 amide bonds. The van der Waals surface area contributed by atoms with E-state index < -0.39 is 0 Å². The van der Waals surface area contributed by atoms with Gasteiger partial charge >= 0.3 is 5.97 Å². The van der Waals surface area contributed by atoms with Crippen LogP contribution in [-0.4, -0.2) is 25.7 Å². The molecule has 0 saturated heterocycles. The van der Waals surface area contributed by atoms with E-state index in [1.54, 1.807) is 14.0 Å². The van der Waals surface area contributed by atoms with E-state index in [9.17, 15) is 4.79 Å². The maximum absolute atomic E-state index is 11.3. The average molecular weight is 330 g/mol. The van der Waals surface area contributed by atoms with Gasteiger partial charge in [-0.15, -0.1) is 0 Å². The third kappa shape index (κ3) is 5.61. The molecule has 0 spiro atoms. The quantitative estimate of drug-likeness (QED) is 0.781. The van der Waals surface area contributed by atoms with E-state index in [-0.39, 0.29) is 12.0 Å². The van der Waals surface area contributed by atoms with Gasteiger partial charge in [-0.05, 0) is 43.5 Å². The number of benzene rings is 1. The van der Waals surface area contributed by atoms with Gasteiger partial charge < -0.3 is 15.2 Å². The summed E-state index contributed by atoms with van der Waals surface area (Å²) in [6.07, 6.45) is 1.63. The smallest absolute Gasteiger partial charge is 0.305 e. The number of nitrogens with two attached hydrogens (primary N) is 1. The summed E-state index contributed by atoms with van der Waals surface area (Å²) in [5, 5.41) is 0. The lowest BCUT2D eigenvalue weighted by Gasteiger charge is -2.14. The molecule has 5 heteroatoms. The minimum Gasteiger partial charge on any atom is -0.496 e. The number of hydrogen-bond acceptors (Lipinski definition) is 4. The predicted octanol–water partition coefficient (Wildman–Crippen LogP) is 2.67. The Morgan fingerprint density at radius 2 is 2.21 bits per heavy atom. The summed E-state index contributed by atoms with van der Waals surface area (Å²) in [6.45, 7) is 2.21. The van der Waals surface area contributed by atoms with Crippen molar-refractivity contribution in [2.24, 2.45) is 5.73 Å². The fourth-order valence-electron chi connectivity index (χ4n) is 1.83. The summed E-state index contributed by atoms with van der Waals surface area (Å²) in [4.78, 5) is 11.3. The average Bonchev–Trinajstić information content (AvgIpc) is 2.37. The van der Waals surface area contributed by atoms with Gasteiger partial charge in [0.15, 0.2) is 0 Å². The van der Waals surface area contributed by atoms with E-state index in [0.717, 1.165) is 15.8 Å². The van der Waals surface area contributed by atoms with Gasteiger partial charge in [0.2, 0.25) is 0 Å². The molecule has 2 N–H and O–H groups in total. The van der Waals surface area contributed by atoms with Crippen molar-refractivity contribution in [3.05, 3.63) is 28.2 Å². The largest absolute Gasteiger partial charge is 0.496 e. The second-order valence-electron chi connectivity index (χ2n) is 4.26. The Hall–Kier alpha value is -1.07. The highest BCUT2D eigenvalue weighted by atomic mass is 79.9. The van der Waals surface area contributed by atoms with Crippen LogP contribution < -0.4 is 10.5 Å². The number of rotatable bonds is 7. The zero-order valence-corrected chi connectivity index (χ0v) is 12.9. The van der Waals surface area contributed by atoms with Crippen LogP contribution in [-0.2, 0) is 16.0 Å². The molecule has 0 aliphatic rings. The lowest BCUT2D eigenvalue weighted by molar-refractivity contribution is -0.143. The summed E-state index contributed by atoms with van der Waals surface area (Å²) >= 11 is 3.43. The highest BCUT2D eigenvalue weighted by Gasteiger charge is 2.12. The predicted molar refractivity (Wildman–Crippen MR) is 78.2 cm³/mol. The van der Waals surface area contributed by atoms with E-state index in [0.29, 0.717) is 25.9 Å². The van der Waals surface area contributed by atoms with Crippen LogP contribution in [0, 0.1) is 0 Å². The molecule has 1 atom stereocenters. The van der Waals surface area contributed by atoms with Crippen molar-refractivity contribution in [3.63, 3.8) is 0 Å². The SMILES string of the molecule is CCOC(=O)CCC(N)Cc1cc(Br)ccc1OC. The lowest BCUT2D eigenvalue weighted by atomic mass is 10.0. The molecule has 0 fully saturated rings. The Labute approximate surface area is 122 Å². The van der Waals surface area contributed by atoms with Crippen molar-refractivity contribution in [2.45, 2.75) is 32.2 Å². The van der Waals surface area contributed by atoms with Gasteiger partial charge in [-0.2, -0.15) is 0 Å². The highest BCUT2D eigenvalue weighted by molar-refractivity contribution is 9.10. The Balaban J connectivity index is 2.54. The van der Waals surface area contributed by atoms with Crippen LogP contribution >= 0.6 is 15.9 Å². The van der Waals surface area contributed by atoms with Crippen molar-refractivity contribution in [3.8, 4) is 5.75 Å². The number of hydrogen-bond donors (Lipinski definition) is 1. The van der Waals surface area contributed by atoms with E-state index in [4.69, 9.17) is 15.2 Å². The van der Waals surface area contributed by atoms with Crippen molar-refractivity contribution >= 4 is 21.9 Å². The molecule has 1 aromatic carbocycles. The molecule has 0 heterocycles. The zero-order valence-electron chi connectivity index (χ0n) is 11.3. The molecule has 1 rings (SSSR count). The molecule has 0 radical (unpaired) electrons. The summed E-state index contributed by atoms with van der Waals surface area (Å²) in [5.41, 5.74) is 7.08. The second kappa shape index (κ2) is 8.17. The molecule has 0 bridgehead atoms. The molecular weight excluding hydrogens is 310 g/mol. The van der Waals surface area contributed by atoms with E-state index in [1.165, 1.54) is 0 Å². The molecule has 4 nitrogen and oxygen atoms in total. The molecule has 0 aliphatic heterocycles. The molecule has 0 saturated carbocycles. The van der Waals surface area contributed by atoms with Gasteiger partial charge in [0.1, 0.15) is 5.75 Å². The van der Waals surface area contributed by atoms with Crippen molar-refractivity contribution in [1.82, 2.24) is 0 Å². The Kier molecular flexibility index (Phi) is 6.87. The van der Waals surface area contributed by atoms with Crippen LogP contribution in [0.15, 0.2) is 22.7 Å². The van der Waals surface area contributed by atoms with Crippen molar-refractivity contribution in [2.75, 3.05) is 13.7 Å². The Morgan fingerprint density at radius 3 is 2.84 bits per heavy atom. The molecule has 19 heavy (non-hydrogen) atoms. The summed E-state index contributed by atoms with van der Waals surface area (Å²) in [5.74, 6) is 0.619. The van der Waals surface area contributed by atoms with Gasteiger partial charge in [0.05, 0.1) is 13.7 Å². The van der Waals surface area contributed by atoms with E-state index in [2.05, 4.69) is 15.9 Å². The molecule has 1 aromatic rings. The monoisotopic (exact) mass is 329 g/mol. The number of methoxy groups -OCH3 is 1. The molecule has 106 valence electrons. The maximum Gasteiger partial charge on any atom is 0.305 e. The van der Waals surface area contributed by atoms with Gasteiger partial charge in [0, 0.05) is 16.9 Å². The van der Waals surface area contributed by atoms with Crippen LogP contribution in [0.4, 0.5) is 0 Å².